The van der Waals surface area contributed by atoms with Crippen LogP contribution in [0.2, 0.25) is 5.02 Å². The third-order valence-corrected chi connectivity index (χ3v) is 4.52. The first-order valence-electron chi connectivity index (χ1n) is 7.49. The fourth-order valence-corrected chi connectivity index (χ4v) is 3.32. The number of nitrogen functional groups attached to an aromatic ring is 1. The summed E-state index contributed by atoms with van der Waals surface area (Å²) < 4.78 is 4.83. The van der Waals surface area contributed by atoms with Gasteiger partial charge in [0.05, 0.1) is 23.4 Å². The molecule has 1 aliphatic rings. The van der Waals surface area contributed by atoms with Gasteiger partial charge >= 0.3 is 5.97 Å². The summed E-state index contributed by atoms with van der Waals surface area (Å²) in [7, 11) is 1.36. The van der Waals surface area contributed by atoms with E-state index in [2.05, 4.69) is 12.2 Å². The van der Waals surface area contributed by atoms with E-state index in [1.165, 1.54) is 26.4 Å². The summed E-state index contributed by atoms with van der Waals surface area (Å²) in [4.78, 5) is 11.9. The Labute approximate surface area is 131 Å². The Bertz CT molecular complexity index is 519. The van der Waals surface area contributed by atoms with Gasteiger partial charge in [0, 0.05) is 11.7 Å². The van der Waals surface area contributed by atoms with Crippen LogP contribution in [0.4, 0.5) is 11.4 Å². The monoisotopic (exact) mass is 310 g/mol. The Morgan fingerprint density at radius 2 is 2.24 bits per heavy atom. The number of hydrogen-bond donors (Lipinski definition) is 2. The summed E-state index contributed by atoms with van der Waals surface area (Å²) in [5, 5.41) is 3.90. The zero-order valence-corrected chi connectivity index (χ0v) is 13.4. The van der Waals surface area contributed by atoms with Crippen LogP contribution in [0.3, 0.4) is 0 Å². The maximum absolute atomic E-state index is 11.9. The standard InChI is InChI=1S/C16H23ClN2O2/c1-3-10-5-4-6-12(7-10)19-15-13(16(20)21-2)8-11(18)9-14(15)17/h8-10,12,19H,3-7,18H2,1-2H3. The average Bonchev–Trinajstić information content (AvgIpc) is 2.49. The van der Waals surface area contributed by atoms with Gasteiger partial charge in [0.1, 0.15) is 0 Å². The molecule has 5 heteroatoms. The Kier molecular flexibility index (Phi) is 5.34. The number of ether oxygens (including phenoxy) is 1. The van der Waals surface area contributed by atoms with E-state index in [0.717, 1.165) is 18.8 Å². The van der Waals surface area contributed by atoms with Gasteiger partial charge < -0.3 is 15.8 Å². The smallest absolute Gasteiger partial charge is 0.340 e. The van der Waals surface area contributed by atoms with Gasteiger partial charge in [0.25, 0.3) is 0 Å². The number of esters is 1. The summed E-state index contributed by atoms with van der Waals surface area (Å²) in [6.07, 6.45) is 5.89. The van der Waals surface area contributed by atoms with Gasteiger partial charge in [-0.1, -0.05) is 37.8 Å². The highest BCUT2D eigenvalue weighted by Crippen LogP contribution is 2.34. The lowest BCUT2D eigenvalue weighted by molar-refractivity contribution is 0.0602. The van der Waals surface area contributed by atoms with Crippen molar-refractivity contribution in [3.8, 4) is 0 Å². The van der Waals surface area contributed by atoms with E-state index in [1.54, 1.807) is 12.1 Å². The molecule has 2 unspecified atom stereocenters. The van der Waals surface area contributed by atoms with Crippen LogP contribution in [0.15, 0.2) is 12.1 Å². The van der Waals surface area contributed by atoms with Crippen LogP contribution in [0.1, 0.15) is 49.4 Å². The van der Waals surface area contributed by atoms with Crippen molar-refractivity contribution in [2.45, 2.75) is 45.1 Å². The number of rotatable bonds is 4. The van der Waals surface area contributed by atoms with Crippen molar-refractivity contribution < 1.29 is 9.53 Å². The molecular formula is C16H23ClN2O2. The predicted octanol–water partition coefficient (Wildman–Crippen LogP) is 4.09. The normalized spacial score (nSPS) is 21.9. The van der Waals surface area contributed by atoms with E-state index >= 15 is 0 Å². The van der Waals surface area contributed by atoms with Crippen molar-refractivity contribution in [3.63, 3.8) is 0 Å². The van der Waals surface area contributed by atoms with E-state index in [0.29, 0.717) is 28.0 Å². The molecule has 1 aromatic carbocycles. The molecule has 0 aromatic heterocycles. The molecule has 116 valence electrons. The number of nitrogens with two attached hydrogens (primary N) is 1. The summed E-state index contributed by atoms with van der Waals surface area (Å²) in [5.41, 5.74) is 7.28. The minimum absolute atomic E-state index is 0.341. The van der Waals surface area contributed by atoms with Crippen LogP contribution in [-0.2, 0) is 4.74 Å². The highest BCUT2D eigenvalue weighted by Gasteiger charge is 2.24. The molecule has 4 nitrogen and oxygen atoms in total. The molecule has 0 bridgehead atoms. The van der Waals surface area contributed by atoms with Crippen LogP contribution in [0, 0.1) is 5.92 Å². The van der Waals surface area contributed by atoms with Crippen molar-refractivity contribution in [1.82, 2.24) is 0 Å². The molecule has 21 heavy (non-hydrogen) atoms. The molecule has 0 spiro atoms. The first-order chi connectivity index (χ1) is 10.0. The third-order valence-electron chi connectivity index (χ3n) is 4.23. The zero-order chi connectivity index (χ0) is 15.4. The number of nitrogens with one attached hydrogen (secondary N) is 1. The van der Waals surface area contributed by atoms with Crippen LogP contribution < -0.4 is 11.1 Å². The molecule has 0 heterocycles. The molecule has 0 aliphatic heterocycles. The highest BCUT2D eigenvalue weighted by atomic mass is 35.5. The van der Waals surface area contributed by atoms with E-state index in [-0.39, 0.29) is 0 Å². The maximum atomic E-state index is 11.9. The van der Waals surface area contributed by atoms with E-state index in [1.807, 2.05) is 0 Å². The molecule has 0 radical (unpaired) electrons. The van der Waals surface area contributed by atoms with E-state index < -0.39 is 5.97 Å². The lowest BCUT2D eigenvalue weighted by Gasteiger charge is -2.30. The van der Waals surface area contributed by atoms with Crippen molar-refractivity contribution in [1.29, 1.82) is 0 Å². The molecule has 0 amide bonds. The van der Waals surface area contributed by atoms with Crippen LogP contribution in [0.25, 0.3) is 0 Å². The van der Waals surface area contributed by atoms with Gasteiger partial charge in [-0.3, -0.25) is 0 Å². The molecule has 1 aliphatic carbocycles. The highest BCUT2D eigenvalue weighted by molar-refractivity contribution is 6.34. The molecule has 0 saturated heterocycles. The lowest BCUT2D eigenvalue weighted by atomic mass is 9.84. The van der Waals surface area contributed by atoms with Crippen LogP contribution >= 0.6 is 11.6 Å². The number of anilines is 2. The summed E-state index contributed by atoms with van der Waals surface area (Å²) in [5.74, 6) is 0.319. The fraction of sp³-hybridized carbons (Fsp3) is 0.562. The van der Waals surface area contributed by atoms with Crippen molar-refractivity contribution in [2.75, 3.05) is 18.2 Å². The summed E-state index contributed by atoms with van der Waals surface area (Å²) in [6, 6.07) is 3.62. The predicted molar refractivity (Wildman–Crippen MR) is 86.9 cm³/mol. The topological polar surface area (TPSA) is 64.3 Å². The van der Waals surface area contributed by atoms with Crippen molar-refractivity contribution >= 4 is 28.9 Å². The third kappa shape index (κ3) is 3.82. The number of benzene rings is 1. The molecule has 2 rings (SSSR count). The molecule has 1 saturated carbocycles. The van der Waals surface area contributed by atoms with Gasteiger partial charge in [0.15, 0.2) is 0 Å². The average molecular weight is 311 g/mol. The number of methoxy groups -OCH3 is 1. The minimum atomic E-state index is -0.422. The second-order valence-corrected chi connectivity index (χ2v) is 6.11. The first-order valence-corrected chi connectivity index (χ1v) is 7.86. The number of carbonyl (C=O) groups is 1. The quantitative estimate of drug-likeness (QED) is 0.649. The SMILES string of the molecule is CCC1CCCC(Nc2c(Cl)cc(N)cc2C(=O)OC)C1. The van der Waals surface area contributed by atoms with Gasteiger partial charge in [-0.2, -0.15) is 0 Å². The summed E-state index contributed by atoms with van der Waals surface area (Å²) >= 11 is 6.27. The molecule has 1 fully saturated rings. The Balaban J connectivity index is 2.24. The zero-order valence-electron chi connectivity index (χ0n) is 12.6. The molecular weight excluding hydrogens is 288 g/mol. The van der Waals surface area contributed by atoms with Crippen molar-refractivity contribution in [2.24, 2.45) is 5.92 Å². The number of carbonyl (C=O) groups excluding carboxylic acids is 1. The van der Waals surface area contributed by atoms with Gasteiger partial charge in [-0.05, 0) is 30.9 Å². The Hall–Kier alpha value is -1.42. The Morgan fingerprint density at radius 1 is 1.48 bits per heavy atom. The van der Waals surface area contributed by atoms with E-state index in [4.69, 9.17) is 22.1 Å². The Morgan fingerprint density at radius 3 is 2.90 bits per heavy atom. The molecule has 1 aromatic rings. The number of halogens is 1. The molecule has 2 atom stereocenters. The second-order valence-electron chi connectivity index (χ2n) is 5.70. The van der Waals surface area contributed by atoms with E-state index in [9.17, 15) is 4.79 Å². The van der Waals surface area contributed by atoms with Gasteiger partial charge in [-0.15, -0.1) is 0 Å². The fourth-order valence-electron chi connectivity index (χ4n) is 3.04. The van der Waals surface area contributed by atoms with Crippen LogP contribution in [-0.4, -0.2) is 19.1 Å². The minimum Gasteiger partial charge on any atom is -0.465 e. The van der Waals surface area contributed by atoms with Crippen LogP contribution in [0.5, 0.6) is 0 Å². The van der Waals surface area contributed by atoms with Crippen molar-refractivity contribution in [3.05, 3.63) is 22.7 Å². The molecule has 3 N–H and O–H groups in total. The summed E-state index contributed by atoms with van der Waals surface area (Å²) in [6.45, 7) is 2.23. The van der Waals surface area contributed by atoms with Gasteiger partial charge in [-0.25, -0.2) is 4.79 Å². The largest absolute Gasteiger partial charge is 0.465 e. The van der Waals surface area contributed by atoms with Gasteiger partial charge in [0.2, 0.25) is 0 Å². The lowest BCUT2D eigenvalue weighted by Crippen LogP contribution is -2.28. The second kappa shape index (κ2) is 7.03. The maximum Gasteiger partial charge on any atom is 0.340 e. The number of hydrogen-bond acceptors (Lipinski definition) is 4. The first kappa shape index (κ1) is 16.0.